The molecule has 0 amide bonds. The van der Waals surface area contributed by atoms with Crippen LogP contribution in [0.4, 0.5) is 0 Å². The molecule has 0 aliphatic heterocycles. The molecule has 3 rings (SSSR count). The third kappa shape index (κ3) is 6.48. The van der Waals surface area contributed by atoms with Crippen LogP contribution >= 0.6 is 27.7 Å². The van der Waals surface area contributed by atoms with Crippen molar-refractivity contribution in [2.24, 2.45) is 15.9 Å². The third-order valence-corrected chi connectivity index (χ3v) is 5.54. The van der Waals surface area contributed by atoms with Gasteiger partial charge < -0.3 is 10.5 Å². The predicted molar refractivity (Wildman–Crippen MR) is 127 cm³/mol. The molecule has 30 heavy (non-hydrogen) atoms. The van der Waals surface area contributed by atoms with Crippen LogP contribution < -0.4 is 10.5 Å². The highest BCUT2D eigenvalue weighted by atomic mass is 79.9. The highest BCUT2D eigenvalue weighted by Gasteiger charge is 2.05. The molecule has 0 aliphatic rings. The molecule has 0 bridgehead atoms. The first-order chi connectivity index (χ1) is 14.7. The number of nitriles is 1. The zero-order valence-electron chi connectivity index (χ0n) is 16.0. The van der Waals surface area contributed by atoms with Gasteiger partial charge in [-0.25, -0.2) is 0 Å². The van der Waals surface area contributed by atoms with Gasteiger partial charge in [-0.3, -0.25) is 0 Å². The van der Waals surface area contributed by atoms with E-state index in [1.54, 1.807) is 12.3 Å². The summed E-state index contributed by atoms with van der Waals surface area (Å²) in [6.45, 7) is 0.315. The molecule has 0 heterocycles. The van der Waals surface area contributed by atoms with E-state index in [1.165, 1.54) is 17.3 Å². The summed E-state index contributed by atoms with van der Waals surface area (Å²) in [7, 11) is 0. The van der Waals surface area contributed by atoms with Gasteiger partial charge in [0.1, 0.15) is 12.4 Å². The summed E-state index contributed by atoms with van der Waals surface area (Å²) in [5.41, 5.74) is 9.40. The average molecular weight is 479 g/mol. The topological polar surface area (TPSA) is 83.8 Å². The summed E-state index contributed by atoms with van der Waals surface area (Å²) < 4.78 is 6.63. The Morgan fingerprint density at radius 2 is 1.87 bits per heavy atom. The molecule has 7 heteroatoms. The molecule has 3 aromatic carbocycles. The second-order valence-corrected chi connectivity index (χ2v) is 8.05. The minimum absolute atomic E-state index is 0.315. The maximum atomic E-state index is 9.17. The van der Waals surface area contributed by atoms with Gasteiger partial charge in [-0.2, -0.15) is 10.4 Å². The van der Waals surface area contributed by atoms with Gasteiger partial charge in [0.15, 0.2) is 5.17 Å². The number of rotatable bonds is 7. The zero-order chi connectivity index (χ0) is 21.2. The first-order valence-electron chi connectivity index (χ1n) is 9.09. The van der Waals surface area contributed by atoms with Crippen LogP contribution in [-0.4, -0.2) is 11.4 Å². The number of ether oxygens (including phenoxy) is 1. The number of hydrogen-bond acceptors (Lipinski definition) is 5. The molecule has 0 saturated carbocycles. The highest BCUT2D eigenvalue weighted by molar-refractivity contribution is 9.10. The average Bonchev–Trinajstić information content (AvgIpc) is 2.78. The first kappa shape index (κ1) is 21.6. The number of nitrogens with zero attached hydrogens (tertiary/aromatic N) is 3. The first-order valence-corrected chi connectivity index (χ1v) is 10.9. The van der Waals surface area contributed by atoms with E-state index in [4.69, 9.17) is 15.7 Å². The third-order valence-electron chi connectivity index (χ3n) is 4.07. The van der Waals surface area contributed by atoms with Crippen molar-refractivity contribution in [3.8, 4) is 11.8 Å². The molecule has 0 unspecified atom stereocenters. The van der Waals surface area contributed by atoms with Crippen molar-refractivity contribution in [1.82, 2.24) is 0 Å². The van der Waals surface area contributed by atoms with E-state index >= 15 is 0 Å². The van der Waals surface area contributed by atoms with Crippen LogP contribution in [0.5, 0.6) is 5.75 Å². The van der Waals surface area contributed by atoms with Crippen LogP contribution in [-0.2, 0) is 12.4 Å². The van der Waals surface area contributed by atoms with Crippen molar-refractivity contribution in [2.75, 3.05) is 0 Å². The Morgan fingerprint density at radius 1 is 1.10 bits per heavy atom. The van der Waals surface area contributed by atoms with Crippen molar-refractivity contribution in [2.45, 2.75) is 12.4 Å². The number of hydrogen-bond donors (Lipinski definition) is 1. The van der Waals surface area contributed by atoms with E-state index in [1.807, 2.05) is 66.7 Å². The molecule has 0 fully saturated rings. The summed E-state index contributed by atoms with van der Waals surface area (Å²) in [5.74, 6) is 1.43. The van der Waals surface area contributed by atoms with E-state index in [9.17, 15) is 0 Å². The fourth-order valence-corrected chi connectivity index (χ4v) is 3.66. The summed E-state index contributed by atoms with van der Waals surface area (Å²) in [6.07, 6.45) is 1.63. The van der Waals surface area contributed by atoms with E-state index in [0.29, 0.717) is 23.1 Å². The van der Waals surface area contributed by atoms with Gasteiger partial charge in [-0.05, 0) is 51.3 Å². The Morgan fingerprint density at radius 3 is 2.63 bits per heavy atom. The lowest BCUT2D eigenvalue weighted by Gasteiger charge is -2.09. The van der Waals surface area contributed by atoms with Gasteiger partial charge in [0.25, 0.3) is 0 Å². The van der Waals surface area contributed by atoms with Gasteiger partial charge in [-0.1, -0.05) is 60.3 Å². The maximum Gasteiger partial charge on any atom is 0.180 e. The van der Waals surface area contributed by atoms with E-state index in [0.717, 1.165) is 21.4 Å². The molecule has 0 aliphatic carbocycles. The summed E-state index contributed by atoms with van der Waals surface area (Å²) >= 11 is 4.95. The van der Waals surface area contributed by atoms with Crippen LogP contribution in [0.2, 0.25) is 0 Å². The van der Waals surface area contributed by atoms with Crippen molar-refractivity contribution in [3.63, 3.8) is 0 Å². The lowest BCUT2D eigenvalue weighted by molar-refractivity contribution is 0.304. The predicted octanol–water partition coefficient (Wildman–Crippen LogP) is 5.48. The lowest BCUT2D eigenvalue weighted by Crippen LogP contribution is -2.06. The normalized spacial score (nSPS) is 11.4. The van der Waals surface area contributed by atoms with Gasteiger partial charge in [-0.15, -0.1) is 5.10 Å². The molecule has 3 aromatic rings. The quantitative estimate of drug-likeness (QED) is 0.276. The van der Waals surface area contributed by atoms with E-state index in [2.05, 4.69) is 32.2 Å². The summed E-state index contributed by atoms with van der Waals surface area (Å²) in [6, 6.07) is 25.2. The minimum Gasteiger partial charge on any atom is -0.488 e. The minimum atomic E-state index is 0.315. The zero-order valence-corrected chi connectivity index (χ0v) is 18.4. The van der Waals surface area contributed by atoms with Gasteiger partial charge in [0.2, 0.25) is 0 Å². The SMILES string of the molecule is N#Cc1ccccc1COc1ccc(C=NN=C(N)SCc2ccccc2)cc1Br. The Kier molecular flexibility index (Phi) is 8.07. The maximum absolute atomic E-state index is 9.17. The Hall–Kier alpha value is -3.08. The van der Waals surface area contributed by atoms with Gasteiger partial charge >= 0.3 is 0 Å². The molecular formula is C23H19BrN4OS. The molecule has 0 atom stereocenters. The Labute approximate surface area is 188 Å². The van der Waals surface area contributed by atoms with Crippen LogP contribution in [0.25, 0.3) is 0 Å². The van der Waals surface area contributed by atoms with Crippen LogP contribution in [0.1, 0.15) is 22.3 Å². The number of amidine groups is 1. The second-order valence-electron chi connectivity index (χ2n) is 6.20. The van der Waals surface area contributed by atoms with Crippen LogP contribution in [0, 0.1) is 11.3 Å². The summed E-state index contributed by atoms with van der Waals surface area (Å²) in [5, 5.41) is 17.7. The van der Waals surface area contributed by atoms with E-state index < -0.39 is 0 Å². The molecule has 0 spiro atoms. The molecule has 150 valence electrons. The number of halogens is 1. The van der Waals surface area contributed by atoms with Crippen molar-refractivity contribution >= 4 is 39.1 Å². The largest absolute Gasteiger partial charge is 0.488 e. The molecule has 5 nitrogen and oxygen atoms in total. The van der Waals surface area contributed by atoms with Crippen molar-refractivity contribution in [1.29, 1.82) is 5.26 Å². The molecular weight excluding hydrogens is 460 g/mol. The van der Waals surface area contributed by atoms with Crippen LogP contribution in [0.3, 0.4) is 0 Å². The Balaban J connectivity index is 1.56. The van der Waals surface area contributed by atoms with Crippen molar-refractivity contribution < 1.29 is 4.74 Å². The molecule has 2 N–H and O–H groups in total. The molecule has 0 radical (unpaired) electrons. The second kappa shape index (κ2) is 11.2. The monoisotopic (exact) mass is 478 g/mol. The molecule has 0 aromatic heterocycles. The fraction of sp³-hybridized carbons (Fsp3) is 0.0870. The smallest absolute Gasteiger partial charge is 0.180 e. The highest BCUT2D eigenvalue weighted by Crippen LogP contribution is 2.26. The van der Waals surface area contributed by atoms with Crippen molar-refractivity contribution in [3.05, 3.63) is 99.5 Å². The lowest BCUT2D eigenvalue weighted by atomic mass is 10.1. The standard InChI is InChI=1S/C23H19BrN4OS/c24-21-12-18(14-27-28-23(26)30-16-17-6-2-1-3-7-17)10-11-22(21)29-15-20-9-5-4-8-19(20)13-25/h1-12,14H,15-16H2,(H2,26,28). The summed E-state index contributed by atoms with van der Waals surface area (Å²) in [4.78, 5) is 0. The number of thioether (sulfide) groups is 1. The van der Waals surface area contributed by atoms with Gasteiger partial charge in [0, 0.05) is 11.3 Å². The number of benzene rings is 3. The van der Waals surface area contributed by atoms with Crippen LogP contribution in [0.15, 0.2) is 87.5 Å². The fourth-order valence-electron chi connectivity index (χ4n) is 2.54. The molecule has 0 saturated heterocycles. The Bertz CT molecular complexity index is 1090. The number of nitrogens with two attached hydrogens (primary N) is 1. The van der Waals surface area contributed by atoms with Gasteiger partial charge in [0.05, 0.1) is 22.3 Å². The van der Waals surface area contributed by atoms with E-state index in [-0.39, 0.29) is 0 Å².